The van der Waals surface area contributed by atoms with Crippen LogP contribution in [0.25, 0.3) is 0 Å². The van der Waals surface area contributed by atoms with Gasteiger partial charge in [-0.15, -0.1) is 0 Å². The van der Waals surface area contributed by atoms with E-state index in [4.69, 9.17) is 0 Å². The van der Waals surface area contributed by atoms with E-state index < -0.39 is 0 Å². The molecule has 3 N–H and O–H groups in total. The Bertz CT molecular complexity index is 138. The molecule has 86 valence electrons. The summed E-state index contributed by atoms with van der Waals surface area (Å²) < 4.78 is 0. The standard InChI is InChI=1S/C7H15N3O.C2H6.H3P/c1-8-7(11)10-5-6-2-3-9-4-6;1-2;/h6,9H,2-5H2,1H3,(H2,8,10,11);1-2H3;1H3. The average Bonchev–Trinajstić information content (AvgIpc) is 2.70. The normalized spacial score (nSPS) is 18.6. The van der Waals surface area contributed by atoms with Crippen LogP contribution in [-0.4, -0.2) is 32.7 Å². The number of rotatable bonds is 2. The van der Waals surface area contributed by atoms with Crippen molar-refractivity contribution in [2.24, 2.45) is 5.92 Å². The molecule has 0 aliphatic carbocycles. The van der Waals surface area contributed by atoms with Gasteiger partial charge in [-0.05, 0) is 25.4 Å². The van der Waals surface area contributed by atoms with Crippen LogP contribution >= 0.6 is 9.90 Å². The molecular weight excluding hydrogens is 197 g/mol. The van der Waals surface area contributed by atoms with Gasteiger partial charge in [0.25, 0.3) is 0 Å². The molecule has 0 saturated carbocycles. The van der Waals surface area contributed by atoms with E-state index in [2.05, 4.69) is 16.0 Å². The largest absolute Gasteiger partial charge is 0.341 e. The smallest absolute Gasteiger partial charge is 0.314 e. The van der Waals surface area contributed by atoms with Crippen LogP contribution in [0.2, 0.25) is 0 Å². The first-order valence-corrected chi connectivity index (χ1v) is 4.99. The lowest BCUT2D eigenvalue weighted by Crippen LogP contribution is -2.36. The molecule has 0 bridgehead atoms. The Morgan fingerprint density at radius 1 is 1.50 bits per heavy atom. The van der Waals surface area contributed by atoms with Crippen LogP contribution in [0.15, 0.2) is 0 Å². The van der Waals surface area contributed by atoms with Crippen molar-refractivity contribution >= 4 is 15.9 Å². The number of urea groups is 1. The number of nitrogens with one attached hydrogen (secondary N) is 3. The molecule has 0 aromatic carbocycles. The van der Waals surface area contributed by atoms with E-state index >= 15 is 0 Å². The van der Waals surface area contributed by atoms with E-state index in [0.29, 0.717) is 5.92 Å². The minimum Gasteiger partial charge on any atom is -0.341 e. The third-order valence-corrected chi connectivity index (χ3v) is 1.94. The molecule has 0 spiro atoms. The maximum Gasteiger partial charge on any atom is 0.314 e. The lowest BCUT2D eigenvalue weighted by atomic mass is 10.1. The number of carbonyl (C=O) groups is 1. The minimum atomic E-state index is -0.0862. The molecule has 5 heteroatoms. The predicted molar refractivity (Wildman–Crippen MR) is 65.9 cm³/mol. The van der Waals surface area contributed by atoms with E-state index in [1.807, 2.05) is 13.8 Å². The van der Waals surface area contributed by atoms with Crippen molar-refractivity contribution in [2.45, 2.75) is 20.3 Å². The topological polar surface area (TPSA) is 53.2 Å². The summed E-state index contributed by atoms with van der Waals surface area (Å²) in [5.74, 6) is 0.618. The molecule has 1 aliphatic rings. The lowest BCUT2D eigenvalue weighted by Gasteiger charge is -2.08. The predicted octanol–water partition coefficient (Wildman–Crippen LogP) is 0.609. The Hall–Kier alpha value is -0.340. The van der Waals surface area contributed by atoms with Gasteiger partial charge in [0.05, 0.1) is 0 Å². The van der Waals surface area contributed by atoms with E-state index in [9.17, 15) is 4.79 Å². The molecule has 2 unspecified atom stereocenters. The number of hydrogen-bond acceptors (Lipinski definition) is 2. The SMILES string of the molecule is CC.CNC(=O)NCC1CCNC1.P. The van der Waals surface area contributed by atoms with Crippen LogP contribution in [0.5, 0.6) is 0 Å². The van der Waals surface area contributed by atoms with Gasteiger partial charge in [-0.1, -0.05) is 13.8 Å². The summed E-state index contributed by atoms with van der Waals surface area (Å²) in [7, 11) is 1.63. The second kappa shape index (κ2) is 10.7. The van der Waals surface area contributed by atoms with Crippen LogP contribution in [-0.2, 0) is 0 Å². The number of hydrogen-bond donors (Lipinski definition) is 3. The first-order chi connectivity index (χ1) is 6.33. The third-order valence-electron chi connectivity index (χ3n) is 1.94. The van der Waals surface area contributed by atoms with Crippen molar-refractivity contribution in [1.29, 1.82) is 0 Å². The second-order valence-electron chi connectivity index (χ2n) is 2.82. The van der Waals surface area contributed by atoms with Crippen LogP contribution < -0.4 is 16.0 Å². The van der Waals surface area contributed by atoms with Crippen LogP contribution in [0.4, 0.5) is 4.79 Å². The van der Waals surface area contributed by atoms with Crippen molar-refractivity contribution in [3.63, 3.8) is 0 Å². The third kappa shape index (κ3) is 7.10. The molecule has 0 aromatic rings. The fourth-order valence-corrected chi connectivity index (χ4v) is 1.21. The highest BCUT2D eigenvalue weighted by Gasteiger charge is 2.14. The summed E-state index contributed by atoms with van der Waals surface area (Å²) in [5.41, 5.74) is 0. The minimum absolute atomic E-state index is 0. The van der Waals surface area contributed by atoms with Gasteiger partial charge in [0.1, 0.15) is 0 Å². The fraction of sp³-hybridized carbons (Fsp3) is 0.889. The Morgan fingerprint density at radius 3 is 2.57 bits per heavy atom. The summed E-state index contributed by atoms with van der Waals surface area (Å²) in [6, 6.07) is -0.0862. The first kappa shape index (κ1) is 16.1. The Labute approximate surface area is 90.2 Å². The second-order valence-corrected chi connectivity index (χ2v) is 2.82. The molecule has 1 heterocycles. The van der Waals surface area contributed by atoms with Crippen LogP contribution in [0.3, 0.4) is 0 Å². The zero-order valence-corrected chi connectivity index (χ0v) is 10.9. The van der Waals surface area contributed by atoms with Gasteiger partial charge < -0.3 is 16.0 Å². The zero-order chi connectivity index (χ0) is 10.1. The summed E-state index contributed by atoms with van der Waals surface area (Å²) in [5, 5.41) is 8.55. The molecular formula is C9H24N3OP. The summed E-state index contributed by atoms with van der Waals surface area (Å²) >= 11 is 0. The van der Waals surface area contributed by atoms with Gasteiger partial charge in [-0.2, -0.15) is 9.90 Å². The van der Waals surface area contributed by atoms with Gasteiger partial charge in [0.2, 0.25) is 0 Å². The van der Waals surface area contributed by atoms with E-state index in [1.165, 1.54) is 6.42 Å². The van der Waals surface area contributed by atoms with Gasteiger partial charge in [-0.3, -0.25) is 0 Å². The molecule has 1 rings (SSSR count). The van der Waals surface area contributed by atoms with Crippen molar-refractivity contribution in [1.82, 2.24) is 16.0 Å². The van der Waals surface area contributed by atoms with Gasteiger partial charge >= 0.3 is 6.03 Å². The zero-order valence-electron chi connectivity index (χ0n) is 9.52. The Kier molecular flexibility index (Phi) is 12.4. The molecule has 2 atom stereocenters. The first-order valence-electron chi connectivity index (χ1n) is 4.99. The number of carbonyl (C=O) groups excluding carboxylic acids is 1. The molecule has 14 heavy (non-hydrogen) atoms. The highest BCUT2D eigenvalue weighted by atomic mass is 31.0. The van der Waals surface area contributed by atoms with Crippen LogP contribution in [0.1, 0.15) is 20.3 Å². The van der Waals surface area contributed by atoms with Gasteiger partial charge in [0.15, 0.2) is 0 Å². The average molecular weight is 221 g/mol. The maximum absolute atomic E-state index is 10.7. The van der Waals surface area contributed by atoms with Crippen molar-refractivity contribution in [3.8, 4) is 0 Å². The molecule has 2 amide bonds. The molecule has 1 saturated heterocycles. The molecule has 0 aromatic heterocycles. The summed E-state index contributed by atoms with van der Waals surface area (Å²) in [6.45, 7) is 6.90. The van der Waals surface area contributed by atoms with Gasteiger partial charge in [0, 0.05) is 13.6 Å². The van der Waals surface area contributed by atoms with Crippen molar-refractivity contribution in [3.05, 3.63) is 0 Å². The quantitative estimate of drug-likeness (QED) is 0.598. The summed E-state index contributed by atoms with van der Waals surface area (Å²) in [4.78, 5) is 10.7. The lowest BCUT2D eigenvalue weighted by molar-refractivity contribution is 0.241. The van der Waals surface area contributed by atoms with Crippen molar-refractivity contribution < 1.29 is 4.79 Å². The molecule has 4 nitrogen and oxygen atoms in total. The maximum atomic E-state index is 10.7. The Morgan fingerprint density at radius 2 is 2.14 bits per heavy atom. The van der Waals surface area contributed by atoms with E-state index in [1.54, 1.807) is 7.05 Å². The van der Waals surface area contributed by atoms with E-state index in [-0.39, 0.29) is 15.9 Å². The summed E-state index contributed by atoms with van der Waals surface area (Å²) in [6.07, 6.45) is 1.17. The van der Waals surface area contributed by atoms with Gasteiger partial charge in [-0.25, -0.2) is 4.79 Å². The highest BCUT2D eigenvalue weighted by molar-refractivity contribution is 6.92. The Balaban J connectivity index is 0. The van der Waals surface area contributed by atoms with E-state index in [0.717, 1.165) is 19.6 Å². The monoisotopic (exact) mass is 221 g/mol. The van der Waals surface area contributed by atoms with Crippen LogP contribution in [0, 0.1) is 5.92 Å². The van der Waals surface area contributed by atoms with Crippen molar-refractivity contribution in [2.75, 3.05) is 26.7 Å². The molecule has 1 fully saturated rings. The highest BCUT2D eigenvalue weighted by Crippen LogP contribution is 2.04. The molecule has 1 aliphatic heterocycles. The number of amides is 2. The molecule has 0 radical (unpaired) electrons. The fourth-order valence-electron chi connectivity index (χ4n) is 1.21.